The van der Waals surface area contributed by atoms with Crippen LogP contribution >= 0.6 is 15.9 Å². The van der Waals surface area contributed by atoms with Gasteiger partial charge in [0.1, 0.15) is 0 Å². The number of rotatable bonds is 4. The van der Waals surface area contributed by atoms with Crippen molar-refractivity contribution in [1.82, 2.24) is 5.32 Å². The molecule has 0 unspecified atom stereocenters. The van der Waals surface area contributed by atoms with Gasteiger partial charge in [0.05, 0.1) is 12.0 Å². The molecule has 1 heterocycles. The number of carboxylic acid groups (broad SMARTS) is 1. The molecule has 3 N–H and O–H groups in total. The quantitative estimate of drug-likeness (QED) is 0.787. The summed E-state index contributed by atoms with van der Waals surface area (Å²) in [4.78, 5) is 10.8. The van der Waals surface area contributed by atoms with Crippen LogP contribution in [0.15, 0.2) is 28.7 Å². The maximum Gasteiger partial charge on any atom is 0.305 e. The fraction of sp³-hybridized carbons (Fsp3) is 0.364. The van der Waals surface area contributed by atoms with E-state index >= 15 is 0 Å². The predicted octanol–water partition coefficient (Wildman–Crippen LogP) is 1.68. The Balaban J connectivity index is 2.09. The van der Waals surface area contributed by atoms with Gasteiger partial charge in [-0.25, -0.2) is 0 Å². The van der Waals surface area contributed by atoms with E-state index in [1.807, 2.05) is 24.3 Å². The van der Waals surface area contributed by atoms with Gasteiger partial charge in [-0.05, 0) is 18.2 Å². The second kappa shape index (κ2) is 4.43. The maximum atomic E-state index is 10.8. The molecule has 0 spiro atoms. The molecule has 86 valence electrons. The minimum absolute atomic E-state index is 0.131. The van der Waals surface area contributed by atoms with E-state index in [9.17, 15) is 4.79 Å². The average Bonchev–Trinajstić information content (AvgIpc) is 2.13. The van der Waals surface area contributed by atoms with Gasteiger partial charge in [0.2, 0.25) is 0 Å². The second-order valence-electron chi connectivity index (χ2n) is 4.09. The summed E-state index contributed by atoms with van der Waals surface area (Å²) in [6.45, 7) is 1.37. The fourth-order valence-corrected chi connectivity index (χ4v) is 2.25. The topological polar surface area (TPSA) is 61.4 Å². The third-order valence-corrected chi connectivity index (χ3v) is 3.14. The van der Waals surface area contributed by atoms with Crippen molar-refractivity contribution in [3.63, 3.8) is 0 Å². The van der Waals surface area contributed by atoms with Crippen molar-refractivity contribution in [3.05, 3.63) is 28.7 Å². The Morgan fingerprint density at radius 2 is 2.31 bits per heavy atom. The van der Waals surface area contributed by atoms with Crippen LogP contribution in [0, 0.1) is 0 Å². The van der Waals surface area contributed by atoms with Crippen molar-refractivity contribution < 1.29 is 9.90 Å². The van der Waals surface area contributed by atoms with Gasteiger partial charge in [0.15, 0.2) is 0 Å². The van der Waals surface area contributed by atoms with Crippen LogP contribution < -0.4 is 10.6 Å². The van der Waals surface area contributed by atoms with E-state index in [-0.39, 0.29) is 12.0 Å². The lowest BCUT2D eigenvalue weighted by Crippen LogP contribution is -2.65. The van der Waals surface area contributed by atoms with Crippen LogP contribution in [0.5, 0.6) is 0 Å². The summed E-state index contributed by atoms with van der Waals surface area (Å²) in [5.41, 5.74) is 0.601. The largest absolute Gasteiger partial charge is 0.481 e. The van der Waals surface area contributed by atoms with Gasteiger partial charge in [0, 0.05) is 23.2 Å². The molecule has 0 bridgehead atoms. The van der Waals surface area contributed by atoms with E-state index in [4.69, 9.17) is 5.11 Å². The van der Waals surface area contributed by atoms with Crippen LogP contribution in [0.25, 0.3) is 0 Å². The van der Waals surface area contributed by atoms with Crippen LogP contribution in [0.3, 0.4) is 0 Å². The molecule has 1 aliphatic heterocycles. The van der Waals surface area contributed by atoms with Crippen LogP contribution in [0.2, 0.25) is 0 Å². The molecule has 1 aromatic carbocycles. The smallest absolute Gasteiger partial charge is 0.305 e. The number of benzene rings is 1. The summed E-state index contributed by atoms with van der Waals surface area (Å²) < 4.78 is 0.982. The van der Waals surface area contributed by atoms with Crippen molar-refractivity contribution in [2.75, 3.05) is 18.4 Å². The van der Waals surface area contributed by atoms with Crippen LogP contribution in [-0.2, 0) is 4.79 Å². The Kier molecular flexibility index (Phi) is 3.16. The van der Waals surface area contributed by atoms with E-state index in [1.54, 1.807) is 0 Å². The van der Waals surface area contributed by atoms with E-state index in [0.717, 1.165) is 10.2 Å². The molecule has 2 rings (SSSR count). The van der Waals surface area contributed by atoms with Crippen molar-refractivity contribution in [3.8, 4) is 0 Å². The summed E-state index contributed by atoms with van der Waals surface area (Å²) in [7, 11) is 0. The van der Waals surface area contributed by atoms with E-state index in [1.165, 1.54) is 0 Å². The van der Waals surface area contributed by atoms with E-state index in [0.29, 0.717) is 13.1 Å². The molecule has 0 aromatic heterocycles. The summed E-state index contributed by atoms with van der Waals surface area (Å²) >= 11 is 3.39. The minimum atomic E-state index is -0.774. The fourth-order valence-electron chi connectivity index (χ4n) is 1.85. The molecule has 0 saturated carbocycles. The zero-order valence-electron chi connectivity index (χ0n) is 8.66. The number of anilines is 1. The summed E-state index contributed by atoms with van der Waals surface area (Å²) in [6, 6.07) is 7.75. The van der Waals surface area contributed by atoms with E-state index < -0.39 is 5.97 Å². The molecular formula is C11H13BrN2O2. The summed E-state index contributed by atoms with van der Waals surface area (Å²) in [5, 5.41) is 15.3. The third kappa shape index (κ3) is 2.54. The normalized spacial score (nSPS) is 17.6. The highest BCUT2D eigenvalue weighted by Gasteiger charge is 2.38. The van der Waals surface area contributed by atoms with Gasteiger partial charge < -0.3 is 15.7 Å². The second-order valence-corrected chi connectivity index (χ2v) is 5.01. The summed E-state index contributed by atoms with van der Waals surface area (Å²) in [5.74, 6) is -0.774. The van der Waals surface area contributed by atoms with Crippen molar-refractivity contribution in [2.45, 2.75) is 12.0 Å². The van der Waals surface area contributed by atoms with E-state index in [2.05, 4.69) is 26.6 Å². The maximum absolute atomic E-state index is 10.8. The number of hydrogen-bond acceptors (Lipinski definition) is 3. The molecular weight excluding hydrogens is 272 g/mol. The molecule has 16 heavy (non-hydrogen) atoms. The molecule has 1 saturated heterocycles. The third-order valence-electron chi connectivity index (χ3n) is 2.65. The zero-order valence-corrected chi connectivity index (χ0v) is 10.3. The van der Waals surface area contributed by atoms with Gasteiger partial charge in [-0.15, -0.1) is 0 Å². The van der Waals surface area contributed by atoms with Crippen molar-refractivity contribution in [2.24, 2.45) is 0 Å². The molecule has 4 nitrogen and oxygen atoms in total. The molecule has 0 amide bonds. The Morgan fingerprint density at radius 3 is 2.81 bits per heavy atom. The number of aliphatic carboxylic acids is 1. The number of halogens is 1. The molecule has 0 aliphatic carbocycles. The predicted molar refractivity (Wildman–Crippen MR) is 65.6 cm³/mol. The van der Waals surface area contributed by atoms with Crippen molar-refractivity contribution in [1.29, 1.82) is 0 Å². The number of carboxylic acids is 1. The van der Waals surface area contributed by atoms with Crippen LogP contribution in [0.1, 0.15) is 6.42 Å². The SMILES string of the molecule is O=C(O)CC1(Nc2cccc(Br)c2)CNC1. The average molecular weight is 285 g/mol. The van der Waals surface area contributed by atoms with Crippen molar-refractivity contribution >= 4 is 27.6 Å². The molecule has 0 radical (unpaired) electrons. The van der Waals surface area contributed by atoms with Gasteiger partial charge in [-0.1, -0.05) is 22.0 Å². The molecule has 0 atom stereocenters. The first-order valence-electron chi connectivity index (χ1n) is 5.06. The lowest BCUT2D eigenvalue weighted by Gasteiger charge is -2.43. The minimum Gasteiger partial charge on any atom is -0.481 e. The molecule has 1 aliphatic rings. The number of carbonyl (C=O) groups is 1. The first-order chi connectivity index (χ1) is 7.60. The van der Waals surface area contributed by atoms with Gasteiger partial charge in [-0.3, -0.25) is 4.79 Å². The Hall–Kier alpha value is -1.07. The zero-order chi connectivity index (χ0) is 11.6. The van der Waals surface area contributed by atoms with Crippen LogP contribution in [0.4, 0.5) is 5.69 Å². The summed E-state index contributed by atoms with van der Waals surface area (Å²) in [6.07, 6.45) is 0.131. The van der Waals surface area contributed by atoms with Gasteiger partial charge in [0.25, 0.3) is 0 Å². The standard InChI is InChI=1S/C11H13BrN2O2/c12-8-2-1-3-9(4-8)14-11(5-10(15)16)6-13-7-11/h1-4,13-14H,5-7H2,(H,15,16). The lowest BCUT2D eigenvalue weighted by atomic mass is 9.88. The number of nitrogens with one attached hydrogen (secondary N) is 2. The highest BCUT2D eigenvalue weighted by Crippen LogP contribution is 2.24. The Bertz CT molecular complexity index is 405. The molecule has 5 heteroatoms. The highest BCUT2D eigenvalue weighted by atomic mass is 79.9. The Labute approximate surface area is 102 Å². The number of hydrogen-bond donors (Lipinski definition) is 3. The van der Waals surface area contributed by atoms with Gasteiger partial charge >= 0.3 is 5.97 Å². The lowest BCUT2D eigenvalue weighted by molar-refractivity contribution is -0.138. The first kappa shape index (κ1) is 11.4. The van der Waals surface area contributed by atoms with Crippen LogP contribution in [-0.4, -0.2) is 29.7 Å². The molecule has 1 fully saturated rings. The van der Waals surface area contributed by atoms with Gasteiger partial charge in [-0.2, -0.15) is 0 Å². The first-order valence-corrected chi connectivity index (χ1v) is 5.85. The highest BCUT2D eigenvalue weighted by molar-refractivity contribution is 9.10. The molecule has 1 aromatic rings. The monoisotopic (exact) mass is 284 g/mol. The Morgan fingerprint density at radius 1 is 1.56 bits per heavy atom.